The second-order valence-electron chi connectivity index (χ2n) is 4.90. The Morgan fingerprint density at radius 3 is 1.95 bits per heavy atom. The molecule has 1 aliphatic carbocycles. The predicted octanol–water partition coefficient (Wildman–Crippen LogP) is 5.81. The van der Waals surface area contributed by atoms with Gasteiger partial charge in [0, 0.05) is 21.1 Å². The number of benzene rings is 2. The maximum atomic E-state index is 12.9. The lowest BCUT2D eigenvalue weighted by molar-refractivity contribution is 0.120. The molecule has 6 heteroatoms. The van der Waals surface area contributed by atoms with Crippen LogP contribution in [0.1, 0.15) is 19.3 Å². The van der Waals surface area contributed by atoms with Crippen LogP contribution in [0.4, 0.5) is 8.78 Å². The van der Waals surface area contributed by atoms with Gasteiger partial charge in [0.15, 0.2) is 0 Å². The molecule has 2 nitrogen and oxygen atoms in total. The molecule has 0 unspecified atom stereocenters. The third-order valence-electron chi connectivity index (χ3n) is 3.04. The first-order chi connectivity index (χ1) is 10.4. The Hall–Kier alpha value is -1.14. The van der Waals surface area contributed by atoms with Gasteiger partial charge in [0.05, 0.1) is 6.10 Å². The van der Waals surface area contributed by atoms with Gasteiger partial charge in [-0.15, -0.1) is 0 Å². The van der Waals surface area contributed by atoms with Crippen molar-refractivity contribution < 1.29 is 18.6 Å². The molecule has 0 saturated heterocycles. The summed E-state index contributed by atoms with van der Waals surface area (Å²) in [6.45, 7) is 0. The van der Waals surface area contributed by atoms with Crippen LogP contribution in [0.3, 0.4) is 0 Å². The van der Waals surface area contributed by atoms with Gasteiger partial charge < -0.3 is 9.84 Å². The zero-order valence-corrected chi connectivity index (χ0v) is 14.7. The Balaban J connectivity index is 0.000000172. The largest absolute Gasteiger partial charge is 0.508 e. The number of hydrogen-bond donors (Lipinski definition) is 1. The number of phenols is 1. The molecule has 0 bridgehead atoms. The van der Waals surface area contributed by atoms with E-state index in [2.05, 4.69) is 31.9 Å². The smallest absolute Gasteiger partial charge is 0.128 e. The van der Waals surface area contributed by atoms with E-state index in [-0.39, 0.29) is 11.6 Å². The molecule has 0 radical (unpaired) electrons. The predicted molar refractivity (Wildman–Crippen MR) is 88.1 cm³/mol. The average Bonchev–Trinajstić information content (AvgIpc) is 2.31. The molecule has 118 valence electrons. The van der Waals surface area contributed by atoms with Crippen molar-refractivity contribution >= 4 is 31.9 Å². The van der Waals surface area contributed by atoms with Crippen LogP contribution < -0.4 is 4.74 Å². The highest BCUT2D eigenvalue weighted by Gasteiger charge is 2.19. The Bertz CT molecular complexity index is 575. The molecule has 2 aromatic rings. The minimum absolute atomic E-state index is 0.0677. The van der Waals surface area contributed by atoms with Crippen LogP contribution >= 0.6 is 31.9 Å². The van der Waals surface area contributed by atoms with Gasteiger partial charge in [-0.1, -0.05) is 31.9 Å². The van der Waals surface area contributed by atoms with Crippen LogP contribution in [0, 0.1) is 11.6 Å². The minimum atomic E-state index is -0.443. The van der Waals surface area contributed by atoms with E-state index in [0.29, 0.717) is 16.3 Å². The summed E-state index contributed by atoms with van der Waals surface area (Å²) in [5.41, 5.74) is 0. The maximum Gasteiger partial charge on any atom is 0.128 e. The Morgan fingerprint density at radius 1 is 0.909 bits per heavy atom. The van der Waals surface area contributed by atoms with Gasteiger partial charge in [0.25, 0.3) is 0 Å². The summed E-state index contributed by atoms with van der Waals surface area (Å²) < 4.78 is 31.9. The van der Waals surface area contributed by atoms with Crippen LogP contribution in [0.2, 0.25) is 0 Å². The molecule has 0 aromatic heterocycles. The van der Waals surface area contributed by atoms with Gasteiger partial charge in [-0.3, -0.25) is 0 Å². The first kappa shape index (κ1) is 17.2. The molecule has 0 heterocycles. The molecule has 0 atom stereocenters. The van der Waals surface area contributed by atoms with Gasteiger partial charge in [-0.25, -0.2) is 8.78 Å². The summed E-state index contributed by atoms with van der Waals surface area (Å²) in [7, 11) is 0. The normalized spacial score (nSPS) is 13.8. The fraction of sp³-hybridized carbons (Fsp3) is 0.250. The maximum absolute atomic E-state index is 12.9. The lowest BCUT2D eigenvalue weighted by atomic mass is 9.96. The number of rotatable bonds is 2. The van der Waals surface area contributed by atoms with Crippen LogP contribution in [0.25, 0.3) is 0 Å². The molecule has 1 saturated carbocycles. The molecular formula is C16H14Br2F2O2. The quantitative estimate of drug-likeness (QED) is 0.644. The summed E-state index contributed by atoms with van der Waals surface area (Å²) in [4.78, 5) is 0. The molecule has 0 aliphatic heterocycles. The molecule has 0 amide bonds. The van der Waals surface area contributed by atoms with Crippen molar-refractivity contribution in [1.29, 1.82) is 0 Å². The average molecular weight is 436 g/mol. The number of ether oxygens (including phenoxy) is 1. The fourth-order valence-electron chi connectivity index (χ4n) is 1.82. The second kappa shape index (κ2) is 7.92. The summed E-state index contributed by atoms with van der Waals surface area (Å²) >= 11 is 6.24. The number of aromatic hydroxyl groups is 1. The Morgan fingerprint density at radius 2 is 1.50 bits per heavy atom. The third kappa shape index (κ3) is 5.57. The zero-order valence-electron chi connectivity index (χ0n) is 11.5. The van der Waals surface area contributed by atoms with Crippen molar-refractivity contribution in [2.75, 3.05) is 0 Å². The molecular weight excluding hydrogens is 422 g/mol. The van der Waals surface area contributed by atoms with Crippen LogP contribution in [0.5, 0.6) is 11.5 Å². The molecule has 3 rings (SSSR count). The summed E-state index contributed by atoms with van der Waals surface area (Å²) in [5.74, 6) is -0.149. The van der Waals surface area contributed by atoms with E-state index in [9.17, 15) is 8.78 Å². The van der Waals surface area contributed by atoms with E-state index >= 15 is 0 Å². The van der Waals surface area contributed by atoms with E-state index < -0.39 is 5.82 Å². The van der Waals surface area contributed by atoms with E-state index in [1.165, 1.54) is 30.7 Å². The molecule has 1 fully saturated rings. The van der Waals surface area contributed by atoms with Crippen molar-refractivity contribution in [3.8, 4) is 11.5 Å². The van der Waals surface area contributed by atoms with Gasteiger partial charge >= 0.3 is 0 Å². The topological polar surface area (TPSA) is 29.5 Å². The van der Waals surface area contributed by atoms with Gasteiger partial charge in [0.1, 0.15) is 23.1 Å². The van der Waals surface area contributed by atoms with Crippen LogP contribution in [-0.2, 0) is 0 Å². The second-order valence-corrected chi connectivity index (χ2v) is 6.73. The van der Waals surface area contributed by atoms with E-state index in [0.717, 1.165) is 23.4 Å². The van der Waals surface area contributed by atoms with Gasteiger partial charge in [0.2, 0.25) is 0 Å². The van der Waals surface area contributed by atoms with Crippen LogP contribution in [0.15, 0.2) is 45.3 Å². The standard InChI is InChI=1S/C10H10BrFO.C6H4BrFO/c11-7-4-8(12)6-10(5-7)13-9-2-1-3-9;7-4-1-5(8)3-6(9)2-4/h4-6,9H,1-3H2;1-3,9H. The van der Waals surface area contributed by atoms with Crippen molar-refractivity contribution in [2.45, 2.75) is 25.4 Å². The van der Waals surface area contributed by atoms with Crippen molar-refractivity contribution in [3.05, 3.63) is 57.0 Å². The SMILES string of the molecule is Fc1cc(Br)cc(OC2CCC2)c1.Oc1cc(F)cc(Br)c1. The molecule has 1 N–H and O–H groups in total. The fourth-order valence-corrected chi connectivity index (χ4v) is 2.71. The van der Waals surface area contributed by atoms with Crippen molar-refractivity contribution in [2.24, 2.45) is 0 Å². The first-order valence-corrected chi connectivity index (χ1v) is 8.29. The summed E-state index contributed by atoms with van der Waals surface area (Å²) in [6, 6.07) is 8.38. The monoisotopic (exact) mass is 434 g/mol. The Labute approximate surface area is 144 Å². The lowest BCUT2D eigenvalue weighted by Crippen LogP contribution is -2.24. The molecule has 2 aromatic carbocycles. The highest BCUT2D eigenvalue weighted by molar-refractivity contribution is 9.10. The van der Waals surface area contributed by atoms with Gasteiger partial charge in [-0.05, 0) is 43.5 Å². The highest BCUT2D eigenvalue weighted by atomic mass is 79.9. The van der Waals surface area contributed by atoms with Gasteiger partial charge in [-0.2, -0.15) is 0 Å². The third-order valence-corrected chi connectivity index (χ3v) is 3.95. The van der Waals surface area contributed by atoms with Crippen molar-refractivity contribution in [1.82, 2.24) is 0 Å². The first-order valence-electron chi connectivity index (χ1n) is 6.70. The number of halogens is 4. The number of hydrogen-bond acceptors (Lipinski definition) is 2. The molecule has 1 aliphatic rings. The summed E-state index contributed by atoms with van der Waals surface area (Å²) in [5, 5.41) is 8.72. The van der Waals surface area contributed by atoms with E-state index in [4.69, 9.17) is 9.84 Å². The van der Waals surface area contributed by atoms with Crippen LogP contribution in [-0.4, -0.2) is 11.2 Å². The molecule has 22 heavy (non-hydrogen) atoms. The lowest BCUT2D eigenvalue weighted by Gasteiger charge is -2.26. The highest BCUT2D eigenvalue weighted by Crippen LogP contribution is 2.27. The Kier molecular flexibility index (Phi) is 6.20. The molecule has 0 spiro atoms. The minimum Gasteiger partial charge on any atom is -0.508 e. The zero-order chi connectivity index (χ0) is 16.1. The van der Waals surface area contributed by atoms with E-state index in [1.54, 1.807) is 6.07 Å². The van der Waals surface area contributed by atoms with Crippen molar-refractivity contribution in [3.63, 3.8) is 0 Å². The summed E-state index contributed by atoms with van der Waals surface area (Å²) in [6.07, 6.45) is 3.71. The number of phenolic OH excluding ortho intramolecular Hbond substituents is 1. The van der Waals surface area contributed by atoms with E-state index in [1.807, 2.05) is 0 Å².